The van der Waals surface area contributed by atoms with Crippen LogP contribution in [0.25, 0.3) is 22.2 Å². The van der Waals surface area contributed by atoms with Gasteiger partial charge in [0.1, 0.15) is 5.75 Å². The molecule has 0 aliphatic heterocycles. The monoisotopic (exact) mass is 571 g/mol. The van der Waals surface area contributed by atoms with E-state index in [1.807, 2.05) is 30.5 Å². The van der Waals surface area contributed by atoms with Crippen LogP contribution in [0.3, 0.4) is 0 Å². The Morgan fingerprint density at radius 2 is 1.73 bits per heavy atom. The fourth-order valence-corrected chi connectivity index (χ4v) is 5.59. The Hall–Kier alpha value is -3.94. The summed E-state index contributed by atoms with van der Waals surface area (Å²) in [5, 5.41) is 6.75. The molecule has 40 heavy (non-hydrogen) atoms. The molecule has 1 N–H and O–H groups in total. The van der Waals surface area contributed by atoms with Crippen molar-refractivity contribution < 1.29 is 14.3 Å². The van der Waals surface area contributed by atoms with Crippen molar-refractivity contribution >= 4 is 50.8 Å². The number of methoxy groups -OCH3 is 1. The standard InChI is InChI=1S/C32H30ClN3O3S/c1-19-25(17-29(37)35-31-34-27(18-40-31)20-6-10-22(11-7-20)32(2,3)4)26-16-24(39-5)14-15-28(26)36(19)30(38)21-8-12-23(33)13-9-21/h6-16,18H,17H2,1-5H3,(H,34,35,37). The summed E-state index contributed by atoms with van der Waals surface area (Å²) >= 11 is 7.41. The highest BCUT2D eigenvalue weighted by Gasteiger charge is 2.22. The molecule has 2 heterocycles. The van der Waals surface area contributed by atoms with Crippen molar-refractivity contribution in [2.24, 2.45) is 0 Å². The van der Waals surface area contributed by atoms with Crippen molar-refractivity contribution in [3.8, 4) is 17.0 Å². The van der Waals surface area contributed by atoms with E-state index in [0.717, 1.165) is 22.2 Å². The largest absolute Gasteiger partial charge is 0.497 e. The topological polar surface area (TPSA) is 73.2 Å². The molecule has 0 unspecified atom stereocenters. The minimum absolute atomic E-state index is 0.0738. The number of halogens is 1. The SMILES string of the molecule is COc1ccc2c(c1)c(CC(=O)Nc1nc(-c3ccc(C(C)(C)C)cc3)cs1)c(C)n2C(=O)c1ccc(Cl)cc1. The zero-order valence-electron chi connectivity index (χ0n) is 23.0. The fourth-order valence-electron chi connectivity index (χ4n) is 4.72. The number of rotatable bonds is 6. The molecule has 2 aromatic heterocycles. The van der Waals surface area contributed by atoms with Gasteiger partial charge < -0.3 is 10.1 Å². The van der Waals surface area contributed by atoms with E-state index in [-0.39, 0.29) is 23.7 Å². The summed E-state index contributed by atoms with van der Waals surface area (Å²) in [6.07, 6.45) is 0.0750. The van der Waals surface area contributed by atoms with Crippen LogP contribution in [0.2, 0.25) is 5.02 Å². The summed E-state index contributed by atoms with van der Waals surface area (Å²) in [5.74, 6) is 0.234. The fraction of sp³-hybridized carbons (Fsp3) is 0.219. The van der Waals surface area contributed by atoms with Crippen molar-refractivity contribution in [1.82, 2.24) is 9.55 Å². The third kappa shape index (κ3) is 5.53. The molecule has 204 valence electrons. The molecule has 1 amide bonds. The molecule has 8 heteroatoms. The highest BCUT2D eigenvalue weighted by Crippen LogP contribution is 2.32. The zero-order chi connectivity index (χ0) is 28.6. The minimum atomic E-state index is -0.215. The van der Waals surface area contributed by atoms with Gasteiger partial charge in [0.2, 0.25) is 5.91 Å². The van der Waals surface area contributed by atoms with Crippen LogP contribution in [0, 0.1) is 6.92 Å². The molecule has 3 aromatic carbocycles. The molecule has 0 atom stereocenters. The lowest BCUT2D eigenvalue weighted by molar-refractivity contribution is -0.115. The number of aromatic nitrogens is 2. The molecule has 0 aliphatic carbocycles. The van der Waals surface area contributed by atoms with Gasteiger partial charge in [-0.1, -0.05) is 56.6 Å². The molecule has 0 aliphatic rings. The number of nitrogens with one attached hydrogen (secondary N) is 1. The van der Waals surface area contributed by atoms with Gasteiger partial charge in [-0.05, 0) is 65.9 Å². The zero-order valence-corrected chi connectivity index (χ0v) is 24.6. The highest BCUT2D eigenvalue weighted by atomic mass is 35.5. The molecular weight excluding hydrogens is 542 g/mol. The summed E-state index contributed by atoms with van der Waals surface area (Å²) < 4.78 is 7.08. The number of nitrogens with zero attached hydrogens (tertiary/aromatic N) is 2. The maximum Gasteiger partial charge on any atom is 0.262 e. The Morgan fingerprint density at radius 3 is 2.38 bits per heavy atom. The van der Waals surface area contributed by atoms with Gasteiger partial charge in [0.15, 0.2) is 5.13 Å². The number of hydrogen-bond donors (Lipinski definition) is 1. The third-order valence-electron chi connectivity index (χ3n) is 6.97. The number of thiazole rings is 1. The summed E-state index contributed by atoms with van der Waals surface area (Å²) in [7, 11) is 1.59. The molecule has 0 saturated carbocycles. The lowest BCUT2D eigenvalue weighted by atomic mass is 9.86. The first kappa shape index (κ1) is 27.6. The normalized spacial score (nSPS) is 11.6. The second kappa shape index (κ2) is 10.9. The number of benzene rings is 3. The number of anilines is 1. The third-order valence-corrected chi connectivity index (χ3v) is 7.98. The predicted molar refractivity (Wildman–Crippen MR) is 163 cm³/mol. The quantitative estimate of drug-likeness (QED) is 0.225. The van der Waals surface area contributed by atoms with Crippen LogP contribution in [-0.2, 0) is 16.6 Å². The van der Waals surface area contributed by atoms with Crippen LogP contribution in [-0.4, -0.2) is 28.5 Å². The van der Waals surface area contributed by atoms with Gasteiger partial charge >= 0.3 is 0 Å². The van der Waals surface area contributed by atoms with E-state index in [9.17, 15) is 9.59 Å². The van der Waals surface area contributed by atoms with Crippen LogP contribution in [0.5, 0.6) is 5.75 Å². The average Bonchev–Trinajstić information content (AvgIpc) is 3.50. The molecule has 0 spiro atoms. The van der Waals surface area contributed by atoms with Crippen molar-refractivity contribution in [1.29, 1.82) is 0 Å². The number of carbonyl (C=O) groups excluding carboxylic acids is 2. The van der Waals surface area contributed by atoms with Crippen LogP contribution in [0.1, 0.15) is 48.0 Å². The molecule has 5 rings (SSSR count). The van der Waals surface area contributed by atoms with E-state index in [1.54, 1.807) is 35.9 Å². The van der Waals surface area contributed by atoms with E-state index in [0.29, 0.717) is 32.7 Å². The van der Waals surface area contributed by atoms with E-state index in [2.05, 4.69) is 55.3 Å². The Labute approximate surface area is 242 Å². The van der Waals surface area contributed by atoms with E-state index in [4.69, 9.17) is 16.3 Å². The summed E-state index contributed by atoms with van der Waals surface area (Å²) in [6.45, 7) is 8.40. The van der Waals surface area contributed by atoms with Gasteiger partial charge in [0, 0.05) is 32.6 Å². The second-order valence-corrected chi connectivity index (χ2v) is 12.0. The van der Waals surface area contributed by atoms with Crippen LogP contribution >= 0.6 is 22.9 Å². The van der Waals surface area contributed by atoms with E-state index in [1.165, 1.54) is 16.9 Å². The molecule has 0 radical (unpaired) electrons. The van der Waals surface area contributed by atoms with Gasteiger partial charge in [-0.15, -0.1) is 11.3 Å². The van der Waals surface area contributed by atoms with E-state index >= 15 is 0 Å². The van der Waals surface area contributed by atoms with Crippen molar-refractivity contribution in [2.75, 3.05) is 12.4 Å². The van der Waals surface area contributed by atoms with Crippen molar-refractivity contribution in [3.63, 3.8) is 0 Å². The number of ether oxygens (including phenoxy) is 1. The number of amides is 1. The maximum absolute atomic E-state index is 13.5. The van der Waals surface area contributed by atoms with Crippen molar-refractivity contribution in [2.45, 2.75) is 39.5 Å². The summed E-state index contributed by atoms with van der Waals surface area (Å²) in [4.78, 5) is 31.4. The molecule has 6 nitrogen and oxygen atoms in total. The lowest BCUT2D eigenvalue weighted by Gasteiger charge is -2.18. The first-order chi connectivity index (χ1) is 19.0. The van der Waals surface area contributed by atoms with Gasteiger partial charge in [-0.25, -0.2) is 4.98 Å². The first-order valence-electron chi connectivity index (χ1n) is 12.9. The summed E-state index contributed by atoms with van der Waals surface area (Å²) in [5.41, 5.74) is 5.78. The number of hydrogen-bond acceptors (Lipinski definition) is 5. The lowest BCUT2D eigenvalue weighted by Crippen LogP contribution is -2.16. The van der Waals surface area contributed by atoms with Gasteiger partial charge in [0.25, 0.3) is 5.91 Å². The van der Waals surface area contributed by atoms with Crippen molar-refractivity contribution in [3.05, 3.63) is 99.5 Å². The molecule has 0 fully saturated rings. The average molecular weight is 572 g/mol. The second-order valence-electron chi connectivity index (χ2n) is 10.7. The van der Waals surface area contributed by atoms with Crippen LogP contribution in [0.4, 0.5) is 5.13 Å². The highest BCUT2D eigenvalue weighted by molar-refractivity contribution is 7.14. The predicted octanol–water partition coefficient (Wildman–Crippen LogP) is 7.90. The molecule has 5 aromatic rings. The first-order valence-corrected chi connectivity index (χ1v) is 14.2. The smallest absolute Gasteiger partial charge is 0.262 e. The Kier molecular flexibility index (Phi) is 7.53. The van der Waals surface area contributed by atoms with E-state index < -0.39 is 0 Å². The molecule has 0 saturated heterocycles. The van der Waals surface area contributed by atoms with Crippen LogP contribution < -0.4 is 10.1 Å². The van der Waals surface area contributed by atoms with Gasteiger partial charge in [0.05, 0.1) is 24.7 Å². The van der Waals surface area contributed by atoms with Gasteiger partial charge in [-0.2, -0.15) is 0 Å². The Bertz CT molecular complexity index is 1710. The molecular formula is C32H30ClN3O3S. The Morgan fingerprint density at radius 1 is 1.02 bits per heavy atom. The molecule has 0 bridgehead atoms. The summed E-state index contributed by atoms with van der Waals surface area (Å²) in [6, 6.07) is 20.6. The minimum Gasteiger partial charge on any atom is -0.497 e. The maximum atomic E-state index is 13.5. The Balaban J connectivity index is 1.41. The van der Waals surface area contributed by atoms with Gasteiger partial charge in [-0.3, -0.25) is 14.2 Å². The van der Waals surface area contributed by atoms with Crippen LogP contribution in [0.15, 0.2) is 72.1 Å². The number of carbonyl (C=O) groups is 2. The number of fused-ring (bicyclic) bond motifs is 1.